The predicted octanol–water partition coefficient (Wildman–Crippen LogP) is 4.55. The number of nitrogens with one attached hydrogen (secondary N) is 2. The number of aliphatic imine (C=N–C) groups is 3. The summed E-state index contributed by atoms with van der Waals surface area (Å²) in [5, 5.41) is 5.78. The highest BCUT2D eigenvalue weighted by molar-refractivity contribution is 6.41. The number of amides is 1. The fraction of sp³-hybridized carbons (Fsp3) is 0.259. The molecule has 1 saturated heterocycles. The van der Waals surface area contributed by atoms with Gasteiger partial charge in [-0.2, -0.15) is 13.2 Å². The summed E-state index contributed by atoms with van der Waals surface area (Å²) in [4.78, 5) is 27.5. The summed E-state index contributed by atoms with van der Waals surface area (Å²) in [5.41, 5.74) is 8.42. The van der Waals surface area contributed by atoms with Crippen LogP contribution in [0.3, 0.4) is 0 Å². The molecule has 2 aromatic carbocycles. The number of benzene rings is 2. The Labute approximate surface area is 222 Å². The van der Waals surface area contributed by atoms with E-state index in [4.69, 9.17) is 5.73 Å². The topological polar surface area (TPSA) is 107 Å². The van der Waals surface area contributed by atoms with Gasteiger partial charge in [-0.1, -0.05) is 24.8 Å². The number of likely N-dealkylation sites (tertiary alicyclic amines) is 1. The van der Waals surface area contributed by atoms with Crippen LogP contribution in [0.1, 0.15) is 33.5 Å². The molecular formula is C27H27F4N7O. The van der Waals surface area contributed by atoms with Gasteiger partial charge in [0, 0.05) is 30.5 Å². The molecular weight excluding hydrogens is 514 g/mol. The van der Waals surface area contributed by atoms with Gasteiger partial charge >= 0.3 is 6.18 Å². The molecule has 204 valence electrons. The number of carbonyl (C=O) groups excluding carboxylic acids is 1. The highest BCUT2D eigenvalue weighted by atomic mass is 19.4. The molecule has 1 fully saturated rings. The maximum Gasteiger partial charge on any atom is 0.416 e. The maximum absolute atomic E-state index is 13.7. The lowest BCUT2D eigenvalue weighted by Crippen LogP contribution is -2.32. The summed E-state index contributed by atoms with van der Waals surface area (Å²) < 4.78 is 52.0. The van der Waals surface area contributed by atoms with Crippen LogP contribution < -0.4 is 16.4 Å². The second-order valence-corrected chi connectivity index (χ2v) is 8.99. The normalized spacial score (nSPS) is 19.6. The highest BCUT2D eigenvalue weighted by Gasteiger charge is 2.30. The van der Waals surface area contributed by atoms with Crippen molar-refractivity contribution in [3.8, 4) is 0 Å². The van der Waals surface area contributed by atoms with Crippen molar-refractivity contribution in [1.29, 1.82) is 0 Å². The Balaban J connectivity index is 1.51. The zero-order chi connectivity index (χ0) is 28.2. The summed E-state index contributed by atoms with van der Waals surface area (Å²) in [7, 11) is 0. The van der Waals surface area contributed by atoms with Gasteiger partial charge in [0.25, 0.3) is 5.91 Å². The number of anilines is 1. The smallest absolute Gasteiger partial charge is 0.383 e. The van der Waals surface area contributed by atoms with E-state index in [1.807, 2.05) is 6.92 Å². The van der Waals surface area contributed by atoms with Gasteiger partial charge in [-0.05, 0) is 48.7 Å². The van der Waals surface area contributed by atoms with Crippen LogP contribution in [0.25, 0.3) is 0 Å². The standard InChI is InChI=1S/C27H27F4N7O/c1-3-33-22-14-35-26(38-11-10-20(28)15-38)37-23(22)24(32)36-21-12-18(7-4-16(21)2)25(39)34-13-17-5-8-19(9-6-17)27(29,30)31/h3-9,12,14,20,36H,1,10-11,13,15,32H2,2H3,(H,34,39)/b24-23-,33-22-/t20-/m1/s1. The number of allylic oxidation sites excluding steroid dienone is 1. The molecule has 0 saturated carbocycles. The Morgan fingerprint density at radius 3 is 2.64 bits per heavy atom. The van der Waals surface area contributed by atoms with Crippen molar-refractivity contribution < 1.29 is 22.4 Å². The highest BCUT2D eigenvalue weighted by Crippen LogP contribution is 2.29. The monoisotopic (exact) mass is 541 g/mol. The number of nitrogens with zero attached hydrogens (tertiary/aromatic N) is 4. The van der Waals surface area contributed by atoms with Crippen LogP contribution in [-0.4, -0.2) is 48.0 Å². The van der Waals surface area contributed by atoms with Crippen LogP contribution in [0.5, 0.6) is 0 Å². The minimum Gasteiger partial charge on any atom is -0.383 e. The lowest BCUT2D eigenvalue weighted by atomic mass is 10.1. The minimum atomic E-state index is -4.43. The Morgan fingerprint density at radius 1 is 1.26 bits per heavy atom. The van der Waals surface area contributed by atoms with Crippen molar-refractivity contribution in [1.82, 2.24) is 10.2 Å². The van der Waals surface area contributed by atoms with Crippen LogP contribution in [0, 0.1) is 6.92 Å². The summed E-state index contributed by atoms with van der Waals surface area (Å²) in [6, 6.07) is 9.54. The van der Waals surface area contributed by atoms with E-state index >= 15 is 0 Å². The van der Waals surface area contributed by atoms with Gasteiger partial charge in [-0.3, -0.25) is 9.79 Å². The lowest BCUT2D eigenvalue weighted by molar-refractivity contribution is -0.137. The average molecular weight is 542 g/mol. The number of guanidine groups is 1. The van der Waals surface area contributed by atoms with Gasteiger partial charge in [-0.15, -0.1) is 0 Å². The Hall–Kier alpha value is -4.48. The Bertz CT molecular complexity index is 1380. The zero-order valence-corrected chi connectivity index (χ0v) is 21.1. The molecule has 2 aliphatic rings. The summed E-state index contributed by atoms with van der Waals surface area (Å²) in [6.07, 6.45) is -2.18. The van der Waals surface area contributed by atoms with Crippen LogP contribution >= 0.6 is 0 Å². The van der Waals surface area contributed by atoms with E-state index in [9.17, 15) is 22.4 Å². The minimum absolute atomic E-state index is 0.0498. The first-order valence-corrected chi connectivity index (χ1v) is 12.1. The van der Waals surface area contributed by atoms with Crippen molar-refractivity contribution in [2.45, 2.75) is 32.2 Å². The zero-order valence-electron chi connectivity index (χ0n) is 21.1. The van der Waals surface area contributed by atoms with Gasteiger partial charge in [0.1, 0.15) is 23.4 Å². The van der Waals surface area contributed by atoms with Gasteiger partial charge in [0.15, 0.2) is 0 Å². The first-order valence-electron chi connectivity index (χ1n) is 12.1. The average Bonchev–Trinajstić information content (AvgIpc) is 3.34. The molecule has 1 atom stereocenters. The molecule has 0 spiro atoms. The van der Waals surface area contributed by atoms with Crippen molar-refractivity contribution in [2.75, 3.05) is 18.4 Å². The van der Waals surface area contributed by atoms with Crippen molar-refractivity contribution >= 4 is 29.5 Å². The Kier molecular flexibility index (Phi) is 8.12. The van der Waals surface area contributed by atoms with E-state index in [1.54, 1.807) is 23.1 Å². The van der Waals surface area contributed by atoms with Crippen molar-refractivity contribution in [3.05, 3.63) is 89.0 Å². The van der Waals surface area contributed by atoms with Gasteiger partial charge < -0.3 is 21.3 Å². The first-order chi connectivity index (χ1) is 18.5. The molecule has 12 heteroatoms. The first kappa shape index (κ1) is 27.6. The van der Waals surface area contributed by atoms with E-state index in [-0.39, 0.29) is 18.9 Å². The molecule has 0 aliphatic carbocycles. The number of aryl methyl sites for hydroxylation is 1. The Morgan fingerprint density at radius 2 is 2.00 bits per heavy atom. The van der Waals surface area contributed by atoms with Crippen molar-refractivity contribution in [3.63, 3.8) is 0 Å². The molecule has 0 radical (unpaired) electrons. The number of hydrogen-bond donors (Lipinski definition) is 3. The summed E-state index contributed by atoms with van der Waals surface area (Å²) in [6.45, 7) is 6.15. The molecule has 8 nitrogen and oxygen atoms in total. The largest absolute Gasteiger partial charge is 0.416 e. The molecule has 2 heterocycles. The van der Waals surface area contributed by atoms with E-state index in [0.29, 0.717) is 47.1 Å². The number of carbonyl (C=O) groups is 1. The molecule has 0 unspecified atom stereocenters. The number of hydrogen-bond acceptors (Lipinski definition) is 7. The molecule has 4 rings (SSSR count). The number of rotatable bonds is 6. The quantitative estimate of drug-likeness (QED) is 0.467. The van der Waals surface area contributed by atoms with Gasteiger partial charge in [0.05, 0.1) is 18.3 Å². The van der Waals surface area contributed by atoms with Gasteiger partial charge in [-0.25, -0.2) is 14.4 Å². The molecule has 2 aliphatic heterocycles. The third-order valence-electron chi connectivity index (χ3n) is 6.16. The summed E-state index contributed by atoms with van der Waals surface area (Å²) in [5.74, 6) is 0.0460. The fourth-order valence-electron chi connectivity index (χ4n) is 4.01. The van der Waals surface area contributed by atoms with Crippen LogP contribution in [-0.2, 0) is 12.7 Å². The van der Waals surface area contributed by atoms with Crippen molar-refractivity contribution in [2.24, 2.45) is 20.7 Å². The number of nitrogens with two attached hydrogens (primary N) is 1. The number of halogens is 4. The van der Waals surface area contributed by atoms with E-state index in [2.05, 4.69) is 32.2 Å². The lowest BCUT2D eigenvalue weighted by Gasteiger charge is -2.21. The fourth-order valence-corrected chi connectivity index (χ4v) is 4.01. The van der Waals surface area contributed by atoms with Crippen LogP contribution in [0.4, 0.5) is 23.2 Å². The third-order valence-corrected chi connectivity index (χ3v) is 6.16. The predicted molar refractivity (Wildman–Crippen MR) is 143 cm³/mol. The van der Waals surface area contributed by atoms with Crippen LogP contribution in [0.15, 0.2) is 81.7 Å². The van der Waals surface area contributed by atoms with E-state index in [1.165, 1.54) is 24.5 Å². The molecule has 1 amide bonds. The molecule has 0 aromatic heterocycles. The SMILES string of the molecule is C=C/N=C1/C=NC(N2CC[C@@H](F)C2)=N/C1=C(/N)Nc1cc(C(=O)NCc2ccc(C(F)(F)F)cc2)ccc1C. The second-order valence-electron chi connectivity index (χ2n) is 8.99. The van der Waals surface area contributed by atoms with Gasteiger partial charge in [0.2, 0.25) is 5.96 Å². The molecule has 0 bridgehead atoms. The third kappa shape index (κ3) is 6.70. The second kappa shape index (κ2) is 11.5. The summed E-state index contributed by atoms with van der Waals surface area (Å²) >= 11 is 0. The maximum atomic E-state index is 13.7. The molecule has 2 aromatic rings. The van der Waals surface area contributed by atoms with E-state index in [0.717, 1.165) is 17.7 Å². The van der Waals surface area contributed by atoms with Crippen LogP contribution in [0.2, 0.25) is 0 Å². The van der Waals surface area contributed by atoms with E-state index < -0.39 is 23.8 Å². The molecule has 4 N–H and O–H groups in total. The molecule has 39 heavy (non-hydrogen) atoms. The number of alkyl halides is 4.